The van der Waals surface area contributed by atoms with E-state index in [0.717, 1.165) is 22.7 Å². The van der Waals surface area contributed by atoms with E-state index >= 15 is 0 Å². The lowest BCUT2D eigenvalue weighted by molar-refractivity contribution is 0.0870. The quantitative estimate of drug-likeness (QED) is 0.586. The average molecular weight is 446 g/mol. The van der Waals surface area contributed by atoms with Crippen molar-refractivity contribution < 1.29 is 23.1 Å². The van der Waals surface area contributed by atoms with Crippen molar-refractivity contribution in [1.82, 2.24) is 5.32 Å². The summed E-state index contributed by atoms with van der Waals surface area (Å²) in [5.41, 5.74) is 0.484. The minimum Gasteiger partial charge on any atom is -0.436 e. The first-order valence-electron chi connectivity index (χ1n) is 8.22. The molecule has 1 unspecified atom stereocenters. The summed E-state index contributed by atoms with van der Waals surface area (Å²) in [5, 5.41) is 1.87. The summed E-state index contributed by atoms with van der Waals surface area (Å²) in [5.74, 6) is -3.36. The number of hydrogen-bond acceptors (Lipinski definition) is 3. The van der Waals surface area contributed by atoms with E-state index in [1.54, 1.807) is 48.5 Å². The van der Waals surface area contributed by atoms with Gasteiger partial charge < -0.3 is 4.74 Å². The van der Waals surface area contributed by atoms with Crippen molar-refractivity contribution >= 4 is 27.9 Å². The van der Waals surface area contributed by atoms with Gasteiger partial charge in [0.25, 0.3) is 5.91 Å². The number of nitrogens with one attached hydrogen (secondary N) is 1. The van der Waals surface area contributed by atoms with Crippen molar-refractivity contribution in [3.8, 4) is 0 Å². The zero-order valence-electron chi connectivity index (χ0n) is 14.4. The molecule has 3 rings (SSSR count). The largest absolute Gasteiger partial charge is 0.436 e. The van der Waals surface area contributed by atoms with Crippen molar-refractivity contribution in [3.05, 3.63) is 106 Å². The number of benzene rings is 3. The highest BCUT2D eigenvalue weighted by atomic mass is 79.9. The molecule has 0 aliphatic carbocycles. The Morgan fingerprint density at radius 2 is 1.39 bits per heavy atom. The third kappa shape index (κ3) is 4.61. The van der Waals surface area contributed by atoms with E-state index in [0.29, 0.717) is 11.1 Å². The molecule has 0 heterocycles. The first-order chi connectivity index (χ1) is 13.5. The minimum absolute atomic E-state index is 0.661. The predicted octanol–water partition coefficient (Wildman–Crippen LogP) is 5.38. The Hall–Kier alpha value is -3.06. The van der Waals surface area contributed by atoms with Crippen LogP contribution in [0.1, 0.15) is 27.6 Å². The Labute approximate surface area is 168 Å². The molecule has 0 spiro atoms. The van der Waals surface area contributed by atoms with Gasteiger partial charge in [-0.1, -0.05) is 64.5 Å². The summed E-state index contributed by atoms with van der Waals surface area (Å²) in [7, 11) is 0. The van der Waals surface area contributed by atoms with Gasteiger partial charge in [0.05, 0.1) is 0 Å². The van der Waals surface area contributed by atoms with E-state index in [1.165, 1.54) is 0 Å². The zero-order chi connectivity index (χ0) is 20.1. The number of halogens is 3. The number of carbonyl (C=O) groups excluding carboxylic acids is 2. The molecule has 0 aliphatic rings. The van der Waals surface area contributed by atoms with Crippen LogP contribution in [0, 0.1) is 11.6 Å². The predicted molar refractivity (Wildman–Crippen MR) is 103 cm³/mol. The van der Waals surface area contributed by atoms with Gasteiger partial charge in [-0.25, -0.2) is 13.6 Å². The van der Waals surface area contributed by atoms with Crippen LogP contribution in [-0.2, 0) is 4.74 Å². The molecule has 0 saturated heterocycles. The molecule has 4 nitrogen and oxygen atoms in total. The molecule has 142 valence electrons. The maximum absolute atomic E-state index is 13.7. The standard InChI is InChI=1S/C21H14BrF2NO3/c22-15-11-9-14(10-12-15)19(13-5-2-1-3-6-13)28-21(27)25-20(26)18-16(23)7-4-8-17(18)24/h1-12,19H,(H,25,26,27). The third-order valence-electron chi connectivity index (χ3n) is 3.91. The lowest BCUT2D eigenvalue weighted by atomic mass is 10.0. The molecule has 2 amide bonds. The molecule has 0 radical (unpaired) electrons. The molecule has 7 heteroatoms. The van der Waals surface area contributed by atoms with Crippen LogP contribution in [0.2, 0.25) is 0 Å². The van der Waals surface area contributed by atoms with E-state index in [1.807, 2.05) is 11.4 Å². The first-order valence-corrected chi connectivity index (χ1v) is 9.01. The molecular formula is C21H14BrF2NO3. The molecule has 1 N–H and O–H groups in total. The number of carbonyl (C=O) groups is 2. The van der Waals surface area contributed by atoms with Crippen LogP contribution >= 0.6 is 15.9 Å². The van der Waals surface area contributed by atoms with Gasteiger partial charge in [-0.2, -0.15) is 0 Å². The summed E-state index contributed by atoms with van der Waals surface area (Å²) in [6.07, 6.45) is -1.93. The second-order valence-electron chi connectivity index (χ2n) is 5.80. The van der Waals surface area contributed by atoms with E-state index < -0.39 is 35.3 Å². The summed E-state index contributed by atoms with van der Waals surface area (Å²) in [6.45, 7) is 0. The number of alkyl carbamates (subject to hydrolysis) is 1. The molecule has 0 aliphatic heterocycles. The highest BCUT2D eigenvalue weighted by Gasteiger charge is 2.23. The van der Waals surface area contributed by atoms with Crippen LogP contribution in [0.4, 0.5) is 13.6 Å². The van der Waals surface area contributed by atoms with Crippen LogP contribution in [-0.4, -0.2) is 12.0 Å². The third-order valence-corrected chi connectivity index (χ3v) is 4.43. The Bertz CT molecular complexity index is 974. The fourth-order valence-electron chi connectivity index (χ4n) is 2.60. The molecule has 1 atom stereocenters. The Morgan fingerprint density at radius 3 is 2.00 bits per heavy atom. The molecule has 0 bridgehead atoms. The van der Waals surface area contributed by atoms with Gasteiger partial charge in [0.1, 0.15) is 17.2 Å². The number of hydrogen-bond donors (Lipinski definition) is 1. The lowest BCUT2D eigenvalue weighted by Crippen LogP contribution is -2.33. The zero-order valence-corrected chi connectivity index (χ0v) is 16.0. The number of amides is 2. The van der Waals surface area contributed by atoms with E-state index in [4.69, 9.17) is 4.74 Å². The second-order valence-corrected chi connectivity index (χ2v) is 6.71. The van der Waals surface area contributed by atoms with Crippen LogP contribution in [0.5, 0.6) is 0 Å². The maximum Gasteiger partial charge on any atom is 0.415 e. The van der Waals surface area contributed by atoms with Crippen molar-refractivity contribution in [3.63, 3.8) is 0 Å². The molecular weight excluding hydrogens is 432 g/mol. The number of rotatable bonds is 4. The summed E-state index contributed by atoms with van der Waals surface area (Å²) in [4.78, 5) is 24.4. The van der Waals surface area contributed by atoms with Crippen LogP contribution < -0.4 is 5.32 Å². The van der Waals surface area contributed by atoms with Crippen molar-refractivity contribution in [2.45, 2.75) is 6.10 Å². The molecule has 0 saturated carbocycles. The fourth-order valence-corrected chi connectivity index (χ4v) is 2.86. The molecule has 28 heavy (non-hydrogen) atoms. The van der Waals surface area contributed by atoms with Gasteiger partial charge in [-0.15, -0.1) is 0 Å². The summed E-state index contributed by atoms with van der Waals surface area (Å²) in [6, 6.07) is 19.0. The number of imide groups is 1. The Kier molecular flexibility index (Phi) is 6.16. The summed E-state index contributed by atoms with van der Waals surface area (Å²) >= 11 is 3.34. The first kappa shape index (κ1) is 19.7. The molecule has 0 fully saturated rings. The average Bonchev–Trinajstić information content (AvgIpc) is 2.67. The lowest BCUT2D eigenvalue weighted by Gasteiger charge is -2.19. The van der Waals surface area contributed by atoms with E-state index in [9.17, 15) is 18.4 Å². The SMILES string of the molecule is O=C(NC(=O)c1c(F)cccc1F)OC(c1ccccc1)c1ccc(Br)cc1. The molecule has 0 aromatic heterocycles. The number of ether oxygens (including phenoxy) is 1. The van der Waals surface area contributed by atoms with Gasteiger partial charge in [0, 0.05) is 4.47 Å². The highest BCUT2D eigenvalue weighted by Crippen LogP contribution is 2.27. The van der Waals surface area contributed by atoms with Gasteiger partial charge in [0.2, 0.25) is 0 Å². The van der Waals surface area contributed by atoms with Gasteiger partial charge in [-0.3, -0.25) is 10.1 Å². The Balaban J connectivity index is 1.82. The topological polar surface area (TPSA) is 55.4 Å². The van der Waals surface area contributed by atoms with Crippen LogP contribution in [0.3, 0.4) is 0 Å². The van der Waals surface area contributed by atoms with Crippen molar-refractivity contribution in [1.29, 1.82) is 0 Å². The molecule has 3 aromatic carbocycles. The van der Waals surface area contributed by atoms with Crippen LogP contribution in [0.15, 0.2) is 77.3 Å². The van der Waals surface area contributed by atoms with Gasteiger partial charge in [0.15, 0.2) is 6.10 Å². The van der Waals surface area contributed by atoms with Crippen molar-refractivity contribution in [2.24, 2.45) is 0 Å². The highest BCUT2D eigenvalue weighted by molar-refractivity contribution is 9.10. The smallest absolute Gasteiger partial charge is 0.415 e. The fraction of sp³-hybridized carbons (Fsp3) is 0.0476. The minimum atomic E-state index is -1.22. The summed E-state index contributed by atoms with van der Waals surface area (Å²) < 4.78 is 33.7. The van der Waals surface area contributed by atoms with Gasteiger partial charge >= 0.3 is 6.09 Å². The monoisotopic (exact) mass is 445 g/mol. The van der Waals surface area contributed by atoms with Gasteiger partial charge in [-0.05, 0) is 35.4 Å². The molecule has 3 aromatic rings. The van der Waals surface area contributed by atoms with Crippen LogP contribution in [0.25, 0.3) is 0 Å². The Morgan fingerprint density at radius 1 is 0.821 bits per heavy atom. The van der Waals surface area contributed by atoms with E-state index in [2.05, 4.69) is 15.9 Å². The normalized spacial score (nSPS) is 11.5. The second kappa shape index (κ2) is 8.75. The maximum atomic E-state index is 13.7. The van der Waals surface area contributed by atoms with E-state index in [-0.39, 0.29) is 0 Å². The van der Waals surface area contributed by atoms with Crippen molar-refractivity contribution in [2.75, 3.05) is 0 Å².